The van der Waals surface area contributed by atoms with Gasteiger partial charge in [0.05, 0.1) is 0 Å². The molecule has 0 aliphatic heterocycles. The molecule has 1 fully saturated rings. The number of hydrogen-bond donors (Lipinski definition) is 2. The molecular formula is C12H15ClN2O2. The summed E-state index contributed by atoms with van der Waals surface area (Å²) in [5.41, 5.74) is 0.516. The molecule has 0 spiro atoms. The monoisotopic (exact) mass is 254 g/mol. The van der Waals surface area contributed by atoms with Gasteiger partial charge in [0, 0.05) is 6.54 Å². The predicted molar refractivity (Wildman–Crippen MR) is 66.6 cm³/mol. The van der Waals surface area contributed by atoms with Crippen molar-refractivity contribution in [3.8, 4) is 0 Å². The third kappa shape index (κ3) is 2.69. The quantitative estimate of drug-likeness (QED) is 0.811. The zero-order chi connectivity index (χ0) is 12.6. The van der Waals surface area contributed by atoms with Gasteiger partial charge < -0.3 is 10.4 Å². The van der Waals surface area contributed by atoms with Crippen LogP contribution in [0.2, 0.25) is 5.15 Å². The molecule has 1 aromatic heterocycles. The highest BCUT2D eigenvalue weighted by Gasteiger charge is 2.45. The van der Waals surface area contributed by atoms with E-state index in [0.717, 1.165) is 13.0 Å². The highest BCUT2D eigenvalue weighted by molar-refractivity contribution is 6.29. The van der Waals surface area contributed by atoms with Crippen molar-refractivity contribution in [2.24, 2.45) is 11.3 Å². The number of anilines is 1. The Morgan fingerprint density at radius 1 is 1.65 bits per heavy atom. The maximum atomic E-state index is 11.0. The highest BCUT2D eigenvalue weighted by Crippen LogP contribution is 2.51. The first-order chi connectivity index (χ1) is 7.90. The molecule has 5 heteroatoms. The fraction of sp³-hybridized carbons (Fsp3) is 0.500. The van der Waals surface area contributed by atoms with Crippen molar-refractivity contribution in [1.29, 1.82) is 0 Å². The molecule has 0 amide bonds. The van der Waals surface area contributed by atoms with Crippen LogP contribution in [0.5, 0.6) is 0 Å². The van der Waals surface area contributed by atoms with E-state index in [1.54, 1.807) is 0 Å². The summed E-state index contributed by atoms with van der Waals surface area (Å²) in [5, 5.41) is 12.4. The van der Waals surface area contributed by atoms with E-state index >= 15 is 0 Å². The van der Waals surface area contributed by atoms with Gasteiger partial charge in [-0.05, 0) is 29.9 Å². The largest absolute Gasteiger partial charge is 0.478 e. The number of aromatic carboxylic acids is 1. The van der Waals surface area contributed by atoms with Gasteiger partial charge in [0.25, 0.3) is 0 Å². The Balaban J connectivity index is 2.09. The van der Waals surface area contributed by atoms with Crippen molar-refractivity contribution in [3.05, 3.63) is 22.8 Å². The Morgan fingerprint density at radius 3 is 2.82 bits per heavy atom. The maximum absolute atomic E-state index is 11.0. The number of aromatic nitrogens is 1. The number of pyridine rings is 1. The smallest absolute Gasteiger partial charge is 0.339 e. The van der Waals surface area contributed by atoms with E-state index in [4.69, 9.17) is 16.7 Å². The molecule has 1 atom stereocenters. The second-order valence-corrected chi connectivity index (χ2v) is 5.49. The summed E-state index contributed by atoms with van der Waals surface area (Å²) in [7, 11) is 0. The fourth-order valence-electron chi connectivity index (χ4n) is 1.89. The lowest BCUT2D eigenvalue weighted by Crippen LogP contribution is -2.12. The summed E-state index contributed by atoms with van der Waals surface area (Å²) in [5.74, 6) is -0.0654. The van der Waals surface area contributed by atoms with Crippen LogP contribution in [0, 0.1) is 11.3 Å². The van der Waals surface area contributed by atoms with Crippen molar-refractivity contribution in [2.45, 2.75) is 20.3 Å². The third-order valence-electron chi connectivity index (χ3n) is 3.33. The number of carbonyl (C=O) groups is 1. The molecule has 1 heterocycles. The molecule has 1 aliphatic rings. The van der Waals surface area contributed by atoms with Gasteiger partial charge in [-0.3, -0.25) is 0 Å². The Morgan fingerprint density at radius 2 is 2.29 bits per heavy atom. The van der Waals surface area contributed by atoms with Crippen molar-refractivity contribution >= 4 is 23.4 Å². The molecule has 2 N–H and O–H groups in total. The highest BCUT2D eigenvalue weighted by atomic mass is 35.5. The summed E-state index contributed by atoms with van der Waals surface area (Å²) in [6, 6.07) is 2.95. The summed E-state index contributed by atoms with van der Waals surface area (Å²) >= 11 is 5.76. The molecule has 1 aromatic rings. The van der Waals surface area contributed by atoms with E-state index in [1.165, 1.54) is 12.1 Å². The molecule has 1 aliphatic carbocycles. The second-order valence-electron chi connectivity index (χ2n) is 5.11. The lowest BCUT2D eigenvalue weighted by atomic mass is 10.1. The van der Waals surface area contributed by atoms with E-state index in [0.29, 0.717) is 22.3 Å². The summed E-state index contributed by atoms with van der Waals surface area (Å²) in [4.78, 5) is 15.0. The molecule has 4 nitrogen and oxygen atoms in total. The van der Waals surface area contributed by atoms with Crippen LogP contribution in [0.1, 0.15) is 30.6 Å². The van der Waals surface area contributed by atoms with Gasteiger partial charge in [-0.15, -0.1) is 0 Å². The number of nitrogens with zero attached hydrogens (tertiary/aromatic N) is 1. The van der Waals surface area contributed by atoms with Crippen LogP contribution < -0.4 is 5.32 Å². The van der Waals surface area contributed by atoms with Crippen molar-refractivity contribution in [3.63, 3.8) is 0 Å². The first kappa shape index (κ1) is 12.2. The fourth-order valence-corrected chi connectivity index (χ4v) is 2.03. The molecule has 0 bridgehead atoms. The van der Waals surface area contributed by atoms with E-state index in [1.807, 2.05) is 0 Å². The Hall–Kier alpha value is -1.29. The zero-order valence-electron chi connectivity index (χ0n) is 9.83. The van der Waals surface area contributed by atoms with Crippen molar-refractivity contribution < 1.29 is 9.90 Å². The van der Waals surface area contributed by atoms with Crippen LogP contribution in [0.15, 0.2) is 12.1 Å². The number of halogens is 1. The van der Waals surface area contributed by atoms with Crippen LogP contribution in [0.4, 0.5) is 5.82 Å². The zero-order valence-corrected chi connectivity index (χ0v) is 10.6. The summed E-state index contributed by atoms with van der Waals surface area (Å²) in [6.45, 7) is 5.13. The molecule has 1 unspecified atom stereocenters. The first-order valence-corrected chi connectivity index (χ1v) is 5.91. The lowest BCUT2D eigenvalue weighted by Gasteiger charge is -2.09. The summed E-state index contributed by atoms with van der Waals surface area (Å²) < 4.78 is 0. The van der Waals surface area contributed by atoms with Crippen LogP contribution in [-0.4, -0.2) is 22.6 Å². The number of hydrogen-bond acceptors (Lipinski definition) is 3. The van der Waals surface area contributed by atoms with E-state index in [-0.39, 0.29) is 5.56 Å². The Bertz CT molecular complexity index is 460. The van der Waals surface area contributed by atoms with Gasteiger partial charge >= 0.3 is 5.97 Å². The van der Waals surface area contributed by atoms with Gasteiger partial charge in [0.1, 0.15) is 16.5 Å². The van der Waals surface area contributed by atoms with Crippen molar-refractivity contribution in [1.82, 2.24) is 4.98 Å². The van der Waals surface area contributed by atoms with Gasteiger partial charge in [0.15, 0.2) is 0 Å². The molecule has 2 rings (SSSR count). The number of carboxylic acid groups (broad SMARTS) is 1. The third-order valence-corrected chi connectivity index (χ3v) is 3.54. The van der Waals surface area contributed by atoms with E-state index in [2.05, 4.69) is 24.1 Å². The van der Waals surface area contributed by atoms with Crippen LogP contribution in [0.3, 0.4) is 0 Å². The standard InChI is InChI=1S/C12H15ClN2O2/c1-12(2)5-7(12)6-14-10-8(11(16)17)3-4-9(13)15-10/h3-4,7H,5-6H2,1-2H3,(H,14,15)(H,16,17). The normalized spacial score (nSPS) is 21.0. The molecule has 1 saturated carbocycles. The Kier molecular flexibility index (Phi) is 3.00. The number of nitrogens with one attached hydrogen (secondary N) is 1. The lowest BCUT2D eigenvalue weighted by molar-refractivity contribution is 0.0697. The SMILES string of the molecule is CC1(C)CC1CNc1nc(Cl)ccc1C(=O)O. The van der Waals surface area contributed by atoms with E-state index in [9.17, 15) is 4.79 Å². The average molecular weight is 255 g/mol. The van der Waals surface area contributed by atoms with Crippen LogP contribution >= 0.6 is 11.6 Å². The second kappa shape index (κ2) is 4.18. The number of rotatable bonds is 4. The minimum absolute atomic E-state index is 0.160. The van der Waals surface area contributed by atoms with Crippen LogP contribution in [0.25, 0.3) is 0 Å². The predicted octanol–water partition coefficient (Wildman–Crippen LogP) is 2.89. The van der Waals surface area contributed by atoms with Gasteiger partial charge in [-0.25, -0.2) is 9.78 Å². The Labute approximate surface area is 105 Å². The minimum atomic E-state index is -0.994. The molecule has 17 heavy (non-hydrogen) atoms. The van der Waals surface area contributed by atoms with Gasteiger partial charge in [-0.2, -0.15) is 0 Å². The van der Waals surface area contributed by atoms with Crippen LogP contribution in [-0.2, 0) is 0 Å². The molecule has 0 aromatic carbocycles. The van der Waals surface area contributed by atoms with E-state index < -0.39 is 5.97 Å². The summed E-state index contributed by atoms with van der Waals surface area (Å²) in [6.07, 6.45) is 1.16. The minimum Gasteiger partial charge on any atom is -0.478 e. The molecule has 92 valence electrons. The average Bonchev–Trinajstić information content (AvgIpc) is 2.83. The maximum Gasteiger partial charge on any atom is 0.339 e. The molecule has 0 saturated heterocycles. The van der Waals surface area contributed by atoms with Gasteiger partial charge in [0.2, 0.25) is 0 Å². The van der Waals surface area contributed by atoms with Crippen molar-refractivity contribution in [2.75, 3.05) is 11.9 Å². The topological polar surface area (TPSA) is 62.2 Å². The molecule has 0 radical (unpaired) electrons. The van der Waals surface area contributed by atoms with Gasteiger partial charge in [-0.1, -0.05) is 25.4 Å². The first-order valence-electron chi connectivity index (χ1n) is 5.54. The molecular weight excluding hydrogens is 240 g/mol. The number of carboxylic acids is 1.